The number of hydrogen-bond donors (Lipinski definition) is 3. The number of fused-ring (bicyclic) bond motifs is 2. The molecule has 21 heteroatoms. The number of rotatable bonds is 19. The SMILES string of the molecule is CCN(CCN(C)C)c1cc(OC)c(Nc2nccc(-c3cn(C)c4ccccc34)n2)cc1[N+](=O)[O-].CCNCCN(C)C.COc1cc(F)c([N+](=O)[O-])cc1Nc1nccc(-c2cn(C)c3ccccc23)n1. The van der Waals surface area contributed by atoms with Crippen molar-refractivity contribution in [1.29, 1.82) is 0 Å². The van der Waals surface area contributed by atoms with E-state index >= 15 is 0 Å². The maximum Gasteiger partial charge on any atom is 0.307 e. The molecule has 0 aliphatic heterocycles. The number of methoxy groups -OCH3 is 2. The predicted molar refractivity (Wildman–Crippen MR) is 287 cm³/mol. The zero-order valence-corrected chi connectivity index (χ0v) is 42.9. The highest BCUT2D eigenvalue weighted by Crippen LogP contribution is 2.40. The number of benzene rings is 4. The van der Waals surface area contributed by atoms with Crippen LogP contribution in [-0.2, 0) is 14.1 Å². The molecule has 0 fully saturated rings. The summed E-state index contributed by atoms with van der Waals surface area (Å²) in [7, 11) is 14.9. The average molecular weight is 999 g/mol. The van der Waals surface area contributed by atoms with Gasteiger partial charge in [0.1, 0.15) is 17.2 Å². The number of ether oxygens (including phenoxy) is 2. The van der Waals surface area contributed by atoms with E-state index in [1.54, 1.807) is 31.6 Å². The van der Waals surface area contributed by atoms with Crippen LogP contribution in [0.5, 0.6) is 11.5 Å². The first-order valence-electron chi connectivity index (χ1n) is 23.5. The summed E-state index contributed by atoms with van der Waals surface area (Å²) in [6.07, 6.45) is 7.25. The van der Waals surface area contributed by atoms with Crippen molar-refractivity contribution in [2.24, 2.45) is 14.1 Å². The van der Waals surface area contributed by atoms with Gasteiger partial charge < -0.3 is 49.3 Å². The minimum absolute atomic E-state index is 0.0101. The fourth-order valence-electron chi connectivity index (χ4n) is 7.89. The third kappa shape index (κ3) is 13.6. The molecule has 20 nitrogen and oxygen atoms in total. The molecule has 0 spiro atoms. The summed E-state index contributed by atoms with van der Waals surface area (Å²) in [5.74, 6) is 0.114. The summed E-state index contributed by atoms with van der Waals surface area (Å²) < 4.78 is 28.7. The van der Waals surface area contributed by atoms with Gasteiger partial charge in [-0.15, -0.1) is 0 Å². The molecule has 0 atom stereocenters. The molecule has 0 unspecified atom stereocenters. The van der Waals surface area contributed by atoms with Gasteiger partial charge in [0.15, 0.2) is 0 Å². The first-order valence-corrected chi connectivity index (χ1v) is 23.5. The Hall–Kier alpha value is -8.27. The topological polar surface area (TPSA) is 212 Å². The highest BCUT2D eigenvalue weighted by atomic mass is 19.1. The summed E-state index contributed by atoms with van der Waals surface area (Å²) in [6.45, 7) is 9.45. The van der Waals surface area contributed by atoms with Crippen LogP contribution in [0.4, 0.5) is 44.7 Å². The number of likely N-dealkylation sites (N-methyl/N-ethyl adjacent to an activating group) is 4. The molecular weight excluding hydrogens is 936 g/mol. The largest absolute Gasteiger partial charge is 0.494 e. The second-order valence-electron chi connectivity index (χ2n) is 17.2. The molecule has 4 aromatic heterocycles. The third-order valence-electron chi connectivity index (χ3n) is 11.6. The van der Waals surface area contributed by atoms with Gasteiger partial charge >= 0.3 is 5.69 Å². The fraction of sp³-hybridized carbons (Fsp3) is 0.308. The average Bonchev–Trinajstić information content (AvgIpc) is 3.90. The molecule has 4 aromatic carbocycles. The molecular formula is C52H63FN14O6. The van der Waals surface area contributed by atoms with Crippen molar-refractivity contribution in [2.75, 3.05) is 97.2 Å². The highest BCUT2D eigenvalue weighted by molar-refractivity contribution is 5.96. The van der Waals surface area contributed by atoms with Crippen LogP contribution in [0.1, 0.15) is 13.8 Å². The Morgan fingerprint density at radius 2 is 1.14 bits per heavy atom. The Morgan fingerprint density at radius 1 is 0.658 bits per heavy atom. The van der Waals surface area contributed by atoms with E-state index in [2.05, 4.69) is 73.5 Å². The number of nitro benzene ring substituents is 2. The van der Waals surface area contributed by atoms with Crippen LogP contribution in [-0.4, -0.2) is 130 Å². The van der Waals surface area contributed by atoms with E-state index in [4.69, 9.17) is 14.5 Å². The molecule has 0 saturated carbocycles. The Bertz CT molecular complexity index is 3160. The number of hydrogen-bond acceptors (Lipinski definition) is 16. The zero-order valence-electron chi connectivity index (χ0n) is 42.9. The van der Waals surface area contributed by atoms with E-state index in [-0.39, 0.29) is 28.0 Å². The Kier molecular flexibility index (Phi) is 18.7. The van der Waals surface area contributed by atoms with Crippen molar-refractivity contribution >= 4 is 62.1 Å². The van der Waals surface area contributed by atoms with Crippen molar-refractivity contribution in [1.82, 2.24) is 44.2 Å². The van der Waals surface area contributed by atoms with E-state index in [1.807, 2.05) is 104 Å². The third-order valence-corrected chi connectivity index (χ3v) is 11.6. The molecule has 384 valence electrons. The molecule has 0 saturated heterocycles. The summed E-state index contributed by atoms with van der Waals surface area (Å²) in [5, 5.41) is 34.4. The normalized spacial score (nSPS) is 11.0. The number of para-hydroxylation sites is 2. The predicted octanol–water partition coefficient (Wildman–Crippen LogP) is 9.28. The van der Waals surface area contributed by atoms with Crippen LogP contribution in [0.25, 0.3) is 44.3 Å². The van der Waals surface area contributed by atoms with Crippen LogP contribution in [0.15, 0.2) is 110 Å². The molecule has 8 aromatic rings. The van der Waals surface area contributed by atoms with Gasteiger partial charge in [-0.3, -0.25) is 20.2 Å². The van der Waals surface area contributed by atoms with Crippen molar-refractivity contribution in [2.45, 2.75) is 13.8 Å². The molecule has 4 heterocycles. The fourth-order valence-corrected chi connectivity index (χ4v) is 7.89. The smallest absolute Gasteiger partial charge is 0.307 e. The van der Waals surface area contributed by atoms with Crippen molar-refractivity contribution in [3.63, 3.8) is 0 Å². The van der Waals surface area contributed by atoms with Gasteiger partial charge in [-0.05, 0) is 65.9 Å². The van der Waals surface area contributed by atoms with Gasteiger partial charge in [0.2, 0.25) is 17.7 Å². The van der Waals surface area contributed by atoms with Gasteiger partial charge in [0.25, 0.3) is 5.69 Å². The lowest BCUT2D eigenvalue weighted by Gasteiger charge is -2.25. The Balaban J connectivity index is 0.000000210. The lowest BCUT2D eigenvalue weighted by Crippen LogP contribution is -2.32. The minimum Gasteiger partial charge on any atom is -0.494 e. The first-order chi connectivity index (χ1) is 35.1. The van der Waals surface area contributed by atoms with Crippen LogP contribution in [0.2, 0.25) is 0 Å². The second kappa shape index (κ2) is 25.2. The number of nitro groups is 2. The maximum atomic E-state index is 13.9. The van der Waals surface area contributed by atoms with Crippen molar-refractivity contribution < 1.29 is 23.7 Å². The van der Waals surface area contributed by atoms with Crippen molar-refractivity contribution in [3.05, 3.63) is 136 Å². The first kappa shape index (κ1) is 54.1. The van der Waals surface area contributed by atoms with Crippen LogP contribution >= 0.6 is 0 Å². The van der Waals surface area contributed by atoms with Crippen LogP contribution in [0.3, 0.4) is 0 Å². The number of aryl methyl sites for hydroxylation is 2. The van der Waals surface area contributed by atoms with E-state index in [0.29, 0.717) is 41.9 Å². The van der Waals surface area contributed by atoms with Crippen molar-refractivity contribution in [3.8, 4) is 34.0 Å². The molecule has 8 rings (SSSR count). The number of halogens is 1. The van der Waals surface area contributed by atoms with Gasteiger partial charge in [-0.1, -0.05) is 43.3 Å². The van der Waals surface area contributed by atoms with Crippen LogP contribution < -0.4 is 30.3 Å². The lowest BCUT2D eigenvalue weighted by atomic mass is 10.1. The highest BCUT2D eigenvalue weighted by Gasteiger charge is 2.24. The summed E-state index contributed by atoms with van der Waals surface area (Å²) in [6, 6.07) is 24.9. The van der Waals surface area contributed by atoms with Crippen LogP contribution in [0, 0.1) is 26.0 Å². The monoisotopic (exact) mass is 999 g/mol. The van der Waals surface area contributed by atoms with Gasteiger partial charge in [-0.2, -0.15) is 4.39 Å². The molecule has 73 heavy (non-hydrogen) atoms. The second-order valence-corrected chi connectivity index (χ2v) is 17.2. The molecule has 0 bridgehead atoms. The quantitative estimate of drug-likeness (QED) is 0.0391. The Labute approximate surface area is 423 Å². The summed E-state index contributed by atoms with van der Waals surface area (Å²) in [4.78, 5) is 45.8. The standard InChI is InChI=1S/C26H31N7O3.C20H16FN5O3.C6H16N2/c1-6-32(14-13-30(2)3)23-16-25(36-5)21(15-24(23)33(34)35)29-26-27-12-11-20(28-26)19-17-31(4)22-10-8-7-9-18(19)22;1-25-11-13(12-5-3-4-6-17(12)25)15-7-8-22-20(23-15)24-16-10-18(26(27)28)14(21)9-19(16)29-2;1-4-7-5-6-8(2)3/h7-12,15-17H,6,13-14H2,1-5H3,(H,27,28,29);3-11H,1-2H3,(H,22,23,24);7H,4-6H2,1-3H3. The molecule has 0 aliphatic rings. The number of anilines is 5. The van der Waals surface area contributed by atoms with E-state index < -0.39 is 16.4 Å². The maximum absolute atomic E-state index is 13.9. The summed E-state index contributed by atoms with van der Waals surface area (Å²) in [5.41, 5.74) is 5.93. The number of aromatic nitrogens is 6. The van der Waals surface area contributed by atoms with Gasteiger partial charge in [-0.25, -0.2) is 19.9 Å². The number of nitrogens with zero attached hydrogens (tertiary/aromatic N) is 11. The molecule has 0 amide bonds. The zero-order chi connectivity index (χ0) is 52.8. The van der Waals surface area contributed by atoms with E-state index in [1.165, 1.54) is 13.2 Å². The lowest BCUT2D eigenvalue weighted by molar-refractivity contribution is -0.387. The Morgan fingerprint density at radius 3 is 1.59 bits per heavy atom. The molecule has 0 radical (unpaired) electrons. The van der Waals surface area contributed by atoms with Gasteiger partial charge in [0, 0.05) is 129 Å². The van der Waals surface area contributed by atoms with Gasteiger partial charge in [0.05, 0.1) is 46.8 Å². The summed E-state index contributed by atoms with van der Waals surface area (Å²) >= 11 is 0. The minimum atomic E-state index is -0.983. The van der Waals surface area contributed by atoms with E-state index in [9.17, 15) is 24.6 Å². The molecule has 3 N–H and O–H groups in total. The number of nitrogens with one attached hydrogen (secondary N) is 3. The van der Waals surface area contributed by atoms with E-state index in [0.717, 1.165) is 76.9 Å². The molecule has 0 aliphatic carbocycles.